The van der Waals surface area contributed by atoms with E-state index in [-0.39, 0.29) is 52.0 Å². The first-order chi connectivity index (χ1) is 17.7. The molecule has 37 heavy (non-hydrogen) atoms. The summed E-state index contributed by atoms with van der Waals surface area (Å²) < 4.78 is 37.2. The van der Waals surface area contributed by atoms with Gasteiger partial charge in [0.15, 0.2) is 0 Å². The van der Waals surface area contributed by atoms with Gasteiger partial charge in [0.25, 0.3) is 0 Å². The van der Waals surface area contributed by atoms with E-state index in [2.05, 4.69) is 6.92 Å². The molecule has 0 saturated carbocycles. The van der Waals surface area contributed by atoms with Crippen molar-refractivity contribution in [3.05, 3.63) is 23.8 Å². The monoisotopic (exact) mass is 651 g/mol. The molecule has 0 atom stereocenters. The van der Waals surface area contributed by atoms with Crippen LogP contribution in [0.3, 0.4) is 0 Å². The van der Waals surface area contributed by atoms with Crippen molar-refractivity contribution in [2.24, 2.45) is 0 Å². The van der Waals surface area contributed by atoms with Crippen LogP contribution in [-0.2, 0) is 19.9 Å². The van der Waals surface area contributed by atoms with E-state index in [9.17, 15) is 32.5 Å². The summed E-state index contributed by atoms with van der Waals surface area (Å²) in [5.41, 5.74) is -0.887. The number of para-hydroxylation sites is 1. The topological polar surface area (TPSA) is 132 Å². The number of imide groups is 1. The van der Waals surface area contributed by atoms with Gasteiger partial charge in [0.1, 0.15) is 0 Å². The van der Waals surface area contributed by atoms with Gasteiger partial charge in [0.2, 0.25) is 0 Å². The minimum atomic E-state index is -4.85. The van der Waals surface area contributed by atoms with Gasteiger partial charge < -0.3 is 0 Å². The van der Waals surface area contributed by atoms with E-state index >= 15 is 0 Å². The summed E-state index contributed by atoms with van der Waals surface area (Å²) in [6.07, 6.45) is 13.2. The second-order valence-electron chi connectivity index (χ2n) is 9.25. The van der Waals surface area contributed by atoms with E-state index in [4.69, 9.17) is 0 Å². The minimum absolute atomic E-state index is 0.0369. The predicted octanol–water partition coefficient (Wildman–Crippen LogP) is 2.05. The molecule has 1 heterocycles. The van der Waals surface area contributed by atoms with Gasteiger partial charge in [-0.15, -0.1) is 0 Å². The zero-order valence-corrected chi connectivity index (χ0v) is 24.6. The number of rotatable bonds is 19. The van der Waals surface area contributed by atoms with E-state index in [1.807, 2.05) is 0 Å². The van der Waals surface area contributed by atoms with Crippen molar-refractivity contribution in [3.8, 4) is 0 Å². The molecule has 11 heteroatoms. The number of nitrogens with zero attached hydrogens (tertiary/aromatic N) is 2. The molecule has 2 rings (SSSR count). The van der Waals surface area contributed by atoms with Crippen molar-refractivity contribution in [2.45, 2.75) is 90.4 Å². The van der Waals surface area contributed by atoms with E-state index in [0.29, 0.717) is 10.7 Å². The first-order valence-electron chi connectivity index (χ1n) is 13.2. The molecule has 0 aromatic heterocycles. The third-order valence-corrected chi connectivity index (χ3v) is 10.3. The number of carbonyl (C=O) groups excluding carboxylic acids is 2. The first-order valence-corrected chi connectivity index (χ1v) is 17.6. The van der Waals surface area contributed by atoms with Crippen LogP contribution in [0.15, 0.2) is 18.2 Å². The molecule has 2 N–H and O–H groups in total. The Hall–Kier alpha value is -1.73. The Morgan fingerprint density at radius 1 is 0.919 bits per heavy atom. The molecule has 0 unspecified atom stereocenters. The Kier molecular flexibility index (Phi) is 13.9. The van der Waals surface area contributed by atoms with Crippen molar-refractivity contribution in [2.75, 3.05) is 24.6 Å². The number of anilines is 2. The molecule has 0 radical (unpaired) electrons. The Labute approximate surface area is 231 Å². The Morgan fingerprint density at radius 2 is 1.46 bits per heavy atom. The predicted molar refractivity (Wildman–Crippen MR) is 140 cm³/mol. The van der Waals surface area contributed by atoms with Gasteiger partial charge in [0, 0.05) is 0 Å². The normalized spacial score (nSPS) is 14.1. The van der Waals surface area contributed by atoms with Gasteiger partial charge in [-0.2, -0.15) is 0 Å². The summed E-state index contributed by atoms with van der Waals surface area (Å²) in [6.45, 7) is 2.09. The van der Waals surface area contributed by atoms with Crippen LogP contribution in [0.4, 0.5) is 11.4 Å². The number of hydrogen-bond donors (Lipinski definition) is 2. The number of unbranched alkanes of at least 4 members (excludes halogenated alkanes) is 9. The van der Waals surface area contributed by atoms with E-state index in [1.54, 1.807) is 0 Å². The third-order valence-electron chi connectivity index (χ3n) is 6.31. The van der Waals surface area contributed by atoms with E-state index in [0.717, 1.165) is 20.2 Å². The molecule has 0 bridgehead atoms. The average molecular weight is 652 g/mol. The number of aromatic carboxylic acids is 1. The molecule has 1 aromatic carbocycles. The second kappa shape index (κ2) is 16.3. The summed E-state index contributed by atoms with van der Waals surface area (Å²) in [7, 11) is -4.85. The molecule has 1 aromatic rings. The van der Waals surface area contributed by atoms with Crippen molar-refractivity contribution < 1.29 is 53.7 Å². The fourth-order valence-corrected chi connectivity index (χ4v) is 7.68. The van der Waals surface area contributed by atoms with E-state index < -0.39 is 33.7 Å². The van der Waals surface area contributed by atoms with Crippen molar-refractivity contribution in [1.82, 2.24) is 0 Å². The van der Waals surface area contributed by atoms with Gasteiger partial charge in [-0.25, -0.2) is 0 Å². The summed E-state index contributed by atoms with van der Waals surface area (Å²) in [5, 5.41) is 9.69. The van der Waals surface area contributed by atoms with Gasteiger partial charge in [-0.3, -0.25) is 0 Å². The number of carboxylic acid groups (broad SMARTS) is 1. The summed E-state index contributed by atoms with van der Waals surface area (Å²) in [6, 6.07) is 3.88. The van der Waals surface area contributed by atoms with Crippen LogP contribution < -0.4 is 30.4 Å². The molecule has 0 spiro atoms. The van der Waals surface area contributed by atoms with Gasteiger partial charge >= 0.3 is 232 Å². The molecular weight excluding hydrogens is 611 g/mol. The molecule has 9 nitrogen and oxygen atoms in total. The molecule has 1 aliphatic heterocycles. The fraction of sp³-hybridized carbons (Fsp3) is 0.654. The van der Waals surface area contributed by atoms with Crippen LogP contribution in [0.25, 0.3) is 0 Å². The second-order valence-corrected chi connectivity index (χ2v) is 13.8. The molecule has 2 amide bonds. The van der Waals surface area contributed by atoms with E-state index in [1.165, 1.54) is 76.0 Å². The average Bonchev–Trinajstić information content (AvgIpc) is 3.18. The molecule has 1 fully saturated rings. The number of amides is 2. The van der Waals surface area contributed by atoms with Gasteiger partial charge in [0.05, 0.1) is 0 Å². The SMILES string of the molecule is CCCCCCCCCCCC[I-]CCCN(c1c(C(=O)O)cccc1N1C(=O)CCC1=O)S(=O)(=O)O. The van der Waals surface area contributed by atoms with Crippen LogP contribution in [0.2, 0.25) is 0 Å². The first kappa shape index (κ1) is 31.5. The van der Waals surface area contributed by atoms with Gasteiger partial charge in [-0.1, -0.05) is 0 Å². The van der Waals surface area contributed by atoms with Crippen molar-refractivity contribution in [1.29, 1.82) is 0 Å². The quantitative estimate of drug-likeness (QED) is 0.0770. The standard InChI is InChI=1S/C26H40IN2O7S/c1-2-3-4-5-6-7-8-9-10-11-18-27-19-13-20-28(37(34,35)36)25-21(26(32)33)14-12-15-22(25)29-23(30)16-17-24(29)31/h12,14-15H,2-11,13,16-20H2,1H3,(H,32,33)(H,34,35,36)/q-1. The number of benzene rings is 1. The zero-order valence-electron chi connectivity index (χ0n) is 21.7. The van der Waals surface area contributed by atoms with Crippen LogP contribution >= 0.6 is 0 Å². The molecule has 1 aliphatic rings. The van der Waals surface area contributed by atoms with Crippen LogP contribution in [0.1, 0.15) is 101 Å². The third kappa shape index (κ3) is 10.2. The summed E-state index contributed by atoms with van der Waals surface area (Å²) in [4.78, 5) is 37.4. The maximum atomic E-state index is 12.3. The molecular formula is C26H40IN2O7S-. The number of alkyl halides is 2. The Bertz CT molecular complexity index is 1000. The van der Waals surface area contributed by atoms with Crippen LogP contribution in [0.5, 0.6) is 0 Å². The van der Waals surface area contributed by atoms with Gasteiger partial charge in [-0.05, 0) is 0 Å². The number of carboxylic acids is 1. The zero-order chi connectivity index (χ0) is 27.3. The summed E-state index contributed by atoms with van der Waals surface area (Å²) in [5.74, 6) is -2.49. The fourth-order valence-electron chi connectivity index (χ4n) is 4.40. The Morgan fingerprint density at radius 3 is 2.00 bits per heavy atom. The number of halogens is 1. The Balaban J connectivity index is 1.90. The van der Waals surface area contributed by atoms with Crippen molar-refractivity contribution >= 4 is 39.5 Å². The number of hydrogen-bond acceptors (Lipinski definition) is 5. The summed E-state index contributed by atoms with van der Waals surface area (Å²) >= 11 is -0.141. The number of carbonyl (C=O) groups is 3. The van der Waals surface area contributed by atoms with Crippen molar-refractivity contribution in [3.63, 3.8) is 0 Å². The van der Waals surface area contributed by atoms with Crippen LogP contribution in [-0.4, -0.2) is 51.3 Å². The maximum absolute atomic E-state index is 12.3. The molecule has 210 valence electrons. The molecule has 0 aliphatic carbocycles. The molecule has 1 saturated heterocycles. The van der Waals surface area contributed by atoms with Crippen LogP contribution in [0, 0.1) is 0 Å².